The van der Waals surface area contributed by atoms with Crippen LogP contribution in [0.5, 0.6) is 0 Å². The molecule has 0 spiro atoms. The molecule has 0 heterocycles. The van der Waals surface area contributed by atoms with Crippen LogP contribution in [0.4, 0.5) is 26.3 Å². The normalized spacial score (nSPS) is 16.9. The lowest BCUT2D eigenvalue weighted by molar-refractivity contribution is -0.308. The molecule has 0 radical (unpaired) electrons. The zero-order valence-corrected chi connectivity index (χ0v) is 4.22. The highest BCUT2D eigenvalue weighted by molar-refractivity contribution is 4.72. The molecule has 0 amide bonds. The third kappa shape index (κ3) is 2.42. The second-order valence-corrected chi connectivity index (χ2v) is 1.34. The van der Waals surface area contributed by atoms with Gasteiger partial charge >= 0.3 is 12.4 Å². The van der Waals surface area contributed by atoms with Crippen molar-refractivity contribution in [2.24, 2.45) is 0 Å². The summed E-state index contributed by atoms with van der Waals surface area (Å²) in [6.07, 6.45) is -17.4. The summed E-state index contributed by atoms with van der Waals surface area (Å²) in [4.78, 5) is 0. The zero-order chi connectivity index (χ0) is 9.50. The van der Waals surface area contributed by atoms with E-state index in [4.69, 9.17) is 6.48 Å². The van der Waals surface area contributed by atoms with E-state index in [0.29, 0.717) is 0 Å². The minimum Gasteiger partial charge on any atom is -0.377 e. The molecule has 62 valence electrons. The summed E-state index contributed by atoms with van der Waals surface area (Å²) >= 11 is 0. The summed E-state index contributed by atoms with van der Waals surface area (Å²) in [6.45, 7) is 0. The SMILES string of the molecule is [2H]C(O)(C(F)(F)F)C(F)(F)F. The molecule has 0 rings (SSSR count). The molecule has 0 bridgehead atoms. The molecule has 0 aliphatic carbocycles. The predicted molar refractivity (Wildman–Crippen MR) is 18.1 cm³/mol. The molecule has 0 fully saturated rings. The van der Waals surface area contributed by atoms with Gasteiger partial charge in [0, 0.05) is 0 Å². The molecule has 7 heteroatoms. The first-order chi connectivity index (χ1) is 4.50. The molecule has 0 aliphatic rings. The van der Waals surface area contributed by atoms with Crippen molar-refractivity contribution in [1.29, 1.82) is 0 Å². The maximum atomic E-state index is 11.2. The van der Waals surface area contributed by atoms with Crippen molar-refractivity contribution in [3.8, 4) is 0 Å². The van der Waals surface area contributed by atoms with Crippen LogP contribution in [-0.2, 0) is 0 Å². The van der Waals surface area contributed by atoms with E-state index in [2.05, 4.69) is 0 Å². The second kappa shape index (κ2) is 2.30. The number of halogens is 6. The number of alkyl halides is 6. The number of hydrogen-bond acceptors (Lipinski definition) is 1. The highest BCUT2D eigenvalue weighted by Crippen LogP contribution is 2.32. The summed E-state index contributed by atoms with van der Waals surface area (Å²) in [5.41, 5.74) is 0. The van der Waals surface area contributed by atoms with Gasteiger partial charge in [-0.05, 0) is 0 Å². The molecule has 0 unspecified atom stereocenters. The summed E-state index contributed by atoms with van der Waals surface area (Å²) in [5, 5.41) is 7.60. The quantitative estimate of drug-likeness (QED) is 0.544. The van der Waals surface area contributed by atoms with Crippen LogP contribution in [-0.4, -0.2) is 23.5 Å². The lowest BCUT2D eigenvalue weighted by Gasteiger charge is -2.16. The Kier molecular flexibility index (Phi) is 1.76. The Morgan fingerprint density at radius 1 is 1.00 bits per heavy atom. The summed E-state index contributed by atoms with van der Waals surface area (Å²) in [5.74, 6) is 0. The van der Waals surface area contributed by atoms with Crippen LogP contribution in [0.25, 0.3) is 0 Å². The maximum Gasteiger partial charge on any atom is 0.423 e. The molecule has 0 saturated carbocycles. The first-order valence-corrected chi connectivity index (χ1v) is 1.86. The Hall–Kier alpha value is -0.460. The summed E-state index contributed by atoms with van der Waals surface area (Å²) < 4.78 is 72.6. The average molecular weight is 169 g/mol. The topological polar surface area (TPSA) is 20.2 Å². The van der Waals surface area contributed by atoms with Gasteiger partial charge in [-0.3, -0.25) is 0 Å². The first-order valence-electron chi connectivity index (χ1n) is 2.36. The molecular formula is C3H2F6O. The van der Waals surface area contributed by atoms with Crippen molar-refractivity contribution < 1.29 is 32.8 Å². The monoisotopic (exact) mass is 169 g/mol. The van der Waals surface area contributed by atoms with E-state index in [-0.39, 0.29) is 0 Å². The predicted octanol–water partition coefficient (Wildman–Crippen LogP) is 1.47. The Morgan fingerprint density at radius 3 is 1.20 bits per heavy atom. The number of aliphatic hydroxyl groups is 1. The fourth-order valence-electron chi connectivity index (χ4n) is 0.161. The van der Waals surface area contributed by atoms with E-state index in [1.807, 2.05) is 0 Å². The van der Waals surface area contributed by atoms with Crippen molar-refractivity contribution in [3.63, 3.8) is 0 Å². The smallest absolute Gasteiger partial charge is 0.377 e. The van der Waals surface area contributed by atoms with Gasteiger partial charge in [0.25, 0.3) is 0 Å². The lowest BCUT2D eigenvalue weighted by Crippen LogP contribution is -2.41. The molecular weight excluding hydrogens is 166 g/mol. The van der Waals surface area contributed by atoms with Gasteiger partial charge in [0.2, 0.25) is 6.08 Å². The van der Waals surface area contributed by atoms with Gasteiger partial charge in [0.1, 0.15) is 0 Å². The maximum absolute atomic E-state index is 11.2. The van der Waals surface area contributed by atoms with Gasteiger partial charge in [-0.15, -0.1) is 0 Å². The molecule has 0 saturated heterocycles. The van der Waals surface area contributed by atoms with E-state index in [1.165, 1.54) is 0 Å². The fourth-order valence-corrected chi connectivity index (χ4v) is 0.161. The van der Waals surface area contributed by atoms with E-state index in [0.717, 1.165) is 0 Å². The largest absolute Gasteiger partial charge is 0.423 e. The Balaban J connectivity index is 4.75. The molecule has 1 nitrogen and oxygen atoms in total. The first kappa shape index (κ1) is 7.64. The molecule has 10 heavy (non-hydrogen) atoms. The highest BCUT2D eigenvalue weighted by atomic mass is 19.4. The van der Waals surface area contributed by atoms with Crippen molar-refractivity contribution in [2.75, 3.05) is 0 Å². The summed E-state index contributed by atoms with van der Waals surface area (Å²) in [7, 11) is 0. The van der Waals surface area contributed by atoms with Crippen molar-refractivity contribution >= 4 is 0 Å². The van der Waals surface area contributed by atoms with E-state index in [1.54, 1.807) is 0 Å². The summed E-state index contributed by atoms with van der Waals surface area (Å²) in [6, 6.07) is 0. The Labute approximate surface area is 52.7 Å². The Bertz CT molecular complexity index is 129. The second-order valence-electron chi connectivity index (χ2n) is 1.34. The minimum atomic E-state index is -6.02. The van der Waals surface area contributed by atoms with E-state index >= 15 is 0 Å². The van der Waals surface area contributed by atoms with Crippen molar-refractivity contribution in [3.05, 3.63) is 0 Å². The molecule has 0 aromatic rings. The number of rotatable bonds is 0. The van der Waals surface area contributed by atoms with Crippen LogP contribution in [0, 0.1) is 0 Å². The third-order valence-corrected chi connectivity index (χ3v) is 0.537. The third-order valence-electron chi connectivity index (χ3n) is 0.537. The zero-order valence-electron chi connectivity index (χ0n) is 5.22. The van der Waals surface area contributed by atoms with Crippen LogP contribution >= 0.6 is 0 Å². The van der Waals surface area contributed by atoms with Gasteiger partial charge in [-0.2, -0.15) is 26.3 Å². The van der Waals surface area contributed by atoms with Gasteiger partial charge < -0.3 is 5.11 Å². The molecule has 0 aromatic carbocycles. The fraction of sp³-hybridized carbons (Fsp3) is 1.00. The average Bonchev–Trinajstić information content (AvgIpc) is 1.58. The van der Waals surface area contributed by atoms with Crippen molar-refractivity contribution in [1.82, 2.24) is 0 Å². The van der Waals surface area contributed by atoms with Crippen molar-refractivity contribution in [2.45, 2.75) is 18.4 Å². The van der Waals surface area contributed by atoms with E-state index in [9.17, 15) is 26.3 Å². The van der Waals surface area contributed by atoms with Crippen LogP contribution < -0.4 is 0 Å². The van der Waals surface area contributed by atoms with Gasteiger partial charge in [0.15, 0.2) is 0 Å². The highest BCUT2D eigenvalue weighted by Gasteiger charge is 2.55. The van der Waals surface area contributed by atoms with E-state index < -0.39 is 18.4 Å². The standard InChI is InChI=1S/C3H2F6O/c4-2(5,6)1(10)3(7,8)9/h1,10H/i1D. The van der Waals surface area contributed by atoms with Crippen LogP contribution in [0.1, 0.15) is 1.37 Å². The van der Waals surface area contributed by atoms with Crippen LogP contribution in [0.2, 0.25) is 0 Å². The molecule has 0 atom stereocenters. The van der Waals surface area contributed by atoms with Gasteiger partial charge in [-0.25, -0.2) is 0 Å². The van der Waals surface area contributed by atoms with Crippen LogP contribution in [0.15, 0.2) is 0 Å². The van der Waals surface area contributed by atoms with Crippen LogP contribution in [0.3, 0.4) is 0 Å². The Morgan fingerprint density at radius 2 is 1.20 bits per heavy atom. The molecule has 0 aromatic heterocycles. The van der Waals surface area contributed by atoms with Gasteiger partial charge in [0.05, 0.1) is 1.37 Å². The number of hydrogen-bond donors (Lipinski definition) is 1. The molecule has 1 N–H and O–H groups in total. The molecule has 0 aliphatic heterocycles. The lowest BCUT2D eigenvalue weighted by atomic mass is 10.3. The minimum absolute atomic E-state index is 5.38. The van der Waals surface area contributed by atoms with Gasteiger partial charge in [-0.1, -0.05) is 0 Å².